The number of likely N-dealkylation sites (tertiary alicyclic amines) is 1. The average molecular weight is 270 g/mol. The van der Waals surface area contributed by atoms with E-state index in [-0.39, 0.29) is 0 Å². The molecule has 0 saturated carbocycles. The number of ether oxygens (including phenoxy) is 1. The lowest BCUT2D eigenvalue weighted by atomic mass is 10.0. The van der Waals surface area contributed by atoms with Crippen LogP contribution >= 0.6 is 0 Å². The van der Waals surface area contributed by atoms with Crippen LogP contribution in [0, 0.1) is 5.92 Å². The molecule has 1 saturated heterocycles. The third kappa shape index (κ3) is 6.24. The zero-order valence-electron chi connectivity index (χ0n) is 13.6. The van der Waals surface area contributed by atoms with Crippen LogP contribution in [0.3, 0.4) is 0 Å². The van der Waals surface area contributed by atoms with Crippen molar-refractivity contribution < 1.29 is 4.74 Å². The highest BCUT2D eigenvalue weighted by Crippen LogP contribution is 2.15. The molecule has 0 aromatic carbocycles. The molecule has 3 heteroatoms. The molecule has 1 aliphatic rings. The molecule has 0 amide bonds. The van der Waals surface area contributed by atoms with Gasteiger partial charge in [0.1, 0.15) is 0 Å². The smallest absolute Gasteiger partial charge is 0.0622 e. The number of nitrogens with one attached hydrogen (secondary N) is 1. The van der Waals surface area contributed by atoms with Crippen molar-refractivity contribution in [2.24, 2.45) is 5.92 Å². The van der Waals surface area contributed by atoms with Gasteiger partial charge in [0.15, 0.2) is 0 Å². The minimum Gasteiger partial charge on any atom is -0.380 e. The minimum atomic E-state index is 0.496. The maximum absolute atomic E-state index is 5.62. The summed E-state index contributed by atoms with van der Waals surface area (Å²) in [7, 11) is 0. The standard InChI is InChI=1S/C16H34N2O/c1-6-19-12-16(13(2)3)17-15-8-7-10-18(11-9-15)14(4)5/h13-17H,6-12H2,1-5H3. The molecule has 1 aliphatic heterocycles. The summed E-state index contributed by atoms with van der Waals surface area (Å²) in [6.45, 7) is 15.4. The van der Waals surface area contributed by atoms with Gasteiger partial charge in [-0.1, -0.05) is 13.8 Å². The van der Waals surface area contributed by atoms with Gasteiger partial charge in [0.2, 0.25) is 0 Å². The summed E-state index contributed by atoms with van der Waals surface area (Å²) in [5, 5.41) is 3.84. The van der Waals surface area contributed by atoms with Gasteiger partial charge in [-0.3, -0.25) is 0 Å². The van der Waals surface area contributed by atoms with Crippen LogP contribution in [0.1, 0.15) is 53.9 Å². The van der Waals surface area contributed by atoms with Crippen molar-refractivity contribution in [2.45, 2.75) is 72.0 Å². The summed E-state index contributed by atoms with van der Waals surface area (Å²) in [5.74, 6) is 0.635. The van der Waals surface area contributed by atoms with E-state index in [4.69, 9.17) is 4.74 Å². The van der Waals surface area contributed by atoms with Crippen LogP contribution in [0.2, 0.25) is 0 Å². The molecule has 3 nitrogen and oxygen atoms in total. The molecular formula is C16H34N2O. The zero-order chi connectivity index (χ0) is 14.3. The molecule has 1 heterocycles. The van der Waals surface area contributed by atoms with Crippen LogP contribution in [-0.2, 0) is 4.74 Å². The second kappa shape index (κ2) is 8.93. The SMILES string of the molecule is CCOCC(NC1CCCN(C(C)C)CC1)C(C)C. The molecule has 0 radical (unpaired) electrons. The third-order valence-corrected chi connectivity index (χ3v) is 4.25. The first-order valence-corrected chi connectivity index (χ1v) is 8.12. The van der Waals surface area contributed by atoms with Gasteiger partial charge in [-0.25, -0.2) is 0 Å². The molecule has 0 aliphatic carbocycles. The second-order valence-corrected chi connectivity index (χ2v) is 6.43. The lowest BCUT2D eigenvalue weighted by Gasteiger charge is -2.28. The Labute approximate surface area is 120 Å². The molecule has 0 aromatic rings. The maximum Gasteiger partial charge on any atom is 0.0622 e. The number of nitrogens with zero attached hydrogens (tertiary/aromatic N) is 1. The topological polar surface area (TPSA) is 24.5 Å². The van der Waals surface area contributed by atoms with Gasteiger partial charge < -0.3 is 15.0 Å². The Morgan fingerprint density at radius 3 is 2.47 bits per heavy atom. The molecule has 0 bridgehead atoms. The molecule has 0 spiro atoms. The number of hydrogen-bond acceptors (Lipinski definition) is 3. The first-order chi connectivity index (χ1) is 9.04. The van der Waals surface area contributed by atoms with Gasteiger partial charge in [0.05, 0.1) is 6.61 Å². The van der Waals surface area contributed by atoms with Crippen LogP contribution < -0.4 is 5.32 Å². The fourth-order valence-electron chi connectivity index (χ4n) is 2.78. The predicted molar refractivity (Wildman–Crippen MR) is 82.6 cm³/mol. The molecular weight excluding hydrogens is 236 g/mol. The lowest BCUT2D eigenvalue weighted by Crippen LogP contribution is -2.44. The molecule has 1 fully saturated rings. The predicted octanol–water partition coefficient (Wildman–Crippen LogP) is 2.90. The summed E-state index contributed by atoms with van der Waals surface area (Å²) >= 11 is 0. The van der Waals surface area contributed by atoms with Crippen molar-refractivity contribution in [1.29, 1.82) is 0 Å². The molecule has 2 atom stereocenters. The highest BCUT2D eigenvalue weighted by molar-refractivity contribution is 4.81. The van der Waals surface area contributed by atoms with Gasteiger partial charge >= 0.3 is 0 Å². The van der Waals surface area contributed by atoms with Crippen molar-refractivity contribution in [2.75, 3.05) is 26.3 Å². The van der Waals surface area contributed by atoms with Gasteiger partial charge in [0.25, 0.3) is 0 Å². The van der Waals surface area contributed by atoms with Crippen LogP contribution in [0.4, 0.5) is 0 Å². The lowest BCUT2D eigenvalue weighted by molar-refractivity contribution is 0.102. The van der Waals surface area contributed by atoms with E-state index in [9.17, 15) is 0 Å². The van der Waals surface area contributed by atoms with Gasteiger partial charge in [-0.05, 0) is 59.0 Å². The van der Waals surface area contributed by atoms with Crippen molar-refractivity contribution in [3.05, 3.63) is 0 Å². The Bertz CT molecular complexity index is 231. The monoisotopic (exact) mass is 270 g/mol. The van der Waals surface area contributed by atoms with E-state index >= 15 is 0 Å². The van der Waals surface area contributed by atoms with Crippen molar-refractivity contribution in [1.82, 2.24) is 10.2 Å². The Morgan fingerprint density at radius 2 is 1.89 bits per heavy atom. The minimum absolute atomic E-state index is 0.496. The van der Waals surface area contributed by atoms with E-state index in [2.05, 4.69) is 44.8 Å². The Kier molecular flexibility index (Phi) is 7.96. The van der Waals surface area contributed by atoms with Crippen LogP contribution in [0.25, 0.3) is 0 Å². The van der Waals surface area contributed by atoms with Crippen molar-refractivity contribution in [3.63, 3.8) is 0 Å². The Balaban J connectivity index is 2.41. The highest BCUT2D eigenvalue weighted by atomic mass is 16.5. The third-order valence-electron chi connectivity index (χ3n) is 4.25. The largest absolute Gasteiger partial charge is 0.380 e. The van der Waals surface area contributed by atoms with Crippen LogP contribution in [-0.4, -0.2) is 49.3 Å². The molecule has 1 N–H and O–H groups in total. The molecule has 1 rings (SSSR count). The first kappa shape index (κ1) is 16.9. The fourth-order valence-corrected chi connectivity index (χ4v) is 2.78. The normalized spacial score (nSPS) is 23.8. The Hall–Kier alpha value is -0.120. The molecule has 0 aromatic heterocycles. The zero-order valence-corrected chi connectivity index (χ0v) is 13.6. The summed E-state index contributed by atoms with van der Waals surface area (Å²) in [5.41, 5.74) is 0. The fraction of sp³-hybridized carbons (Fsp3) is 1.00. The van der Waals surface area contributed by atoms with E-state index < -0.39 is 0 Å². The van der Waals surface area contributed by atoms with Gasteiger partial charge in [-0.15, -0.1) is 0 Å². The van der Waals surface area contributed by atoms with Crippen molar-refractivity contribution >= 4 is 0 Å². The molecule has 2 unspecified atom stereocenters. The van der Waals surface area contributed by atoms with E-state index in [1.807, 2.05) is 0 Å². The summed E-state index contributed by atoms with van der Waals surface area (Å²) in [6.07, 6.45) is 3.89. The highest BCUT2D eigenvalue weighted by Gasteiger charge is 2.22. The molecule has 114 valence electrons. The first-order valence-electron chi connectivity index (χ1n) is 8.12. The summed E-state index contributed by atoms with van der Waals surface area (Å²) in [6, 6.07) is 1.84. The van der Waals surface area contributed by atoms with Gasteiger partial charge in [-0.2, -0.15) is 0 Å². The summed E-state index contributed by atoms with van der Waals surface area (Å²) < 4.78 is 5.62. The van der Waals surface area contributed by atoms with Crippen molar-refractivity contribution in [3.8, 4) is 0 Å². The number of rotatable bonds is 7. The van der Waals surface area contributed by atoms with E-state index in [0.717, 1.165) is 13.2 Å². The quantitative estimate of drug-likeness (QED) is 0.770. The maximum atomic E-state index is 5.62. The van der Waals surface area contributed by atoms with Crippen LogP contribution in [0.15, 0.2) is 0 Å². The number of hydrogen-bond donors (Lipinski definition) is 1. The average Bonchev–Trinajstić information content (AvgIpc) is 2.59. The van der Waals surface area contributed by atoms with Crippen LogP contribution in [0.5, 0.6) is 0 Å². The molecule has 19 heavy (non-hydrogen) atoms. The Morgan fingerprint density at radius 1 is 1.16 bits per heavy atom. The van der Waals surface area contributed by atoms with E-state index in [1.165, 1.54) is 32.4 Å². The van der Waals surface area contributed by atoms with Gasteiger partial charge in [0, 0.05) is 24.7 Å². The van der Waals surface area contributed by atoms with E-state index in [0.29, 0.717) is 24.0 Å². The summed E-state index contributed by atoms with van der Waals surface area (Å²) in [4.78, 5) is 2.61. The second-order valence-electron chi connectivity index (χ2n) is 6.43. The van der Waals surface area contributed by atoms with E-state index in [1.54, 1.807) is 0 Å².